The molecular weight excluding hydrogens is 343 g/mol. The molecule has 0 spiro atoms. The van der Waals surface area contributed by atoms with Crippen LogP contribution in [0.2, 0.25) is 0 Å². The molecule has 0 aromatic carbocycles. The van der Waals surface area contributed by atoms with Crippen LogP contribution >= 0.6 is 22.6 Å². The lowest BCUT2D eigenvalue weighted by Gasteiger charge is -2.07. The fourth-order valence-corrected chi connectivity index (χ4v) is 2.33. The van der Waals surface area contributed by atoms with Gasteiger partial charge < -0.3 is 10.3 Å². The Morgan fingerprint density at radius 1 is 1.39 bits per heavy atom. The largest absolute Gasteiger partial charge is 0.352 e. The number of H-pyrrole nitrogens is 1. The second-order valence-electron chi connectivity index (χ2n) is 4.20. The third-order valence-electron chi connectivity index (χ3n) is 2.63. The van der Waals surface area contributed by atoms with Crippen molar-refractivity contribution in [3.05, 3.63) is 31.2 Å². The number of aryl methyl sites for hydroxylation is 1. The Balaban J connectivity index is 2.87. The summed E-state index contributed by atoms with van der Waals surface area (Å²) >= 11 is 2.15. The van der Waals surface area contributed by atoms with Crippen molar-refractivity contribution in [2.24, 2.45) is 0 Å². The fraction of sp³-hybridized carbons (Fsp3) is 0.538. The molecule has 2 N–H and O–H groups in total. The molecule has 18 heavy (non-hydrogen) atoms. The Morgan fingerprint density at radius 3 is 2.72 bits per heavy atom. The lowest BCUT2D eigenvalue weighted by atomic mass is 10.2. The van der Waals surface area contributed by atoms with E-state index in [-0.39, 0.29) is 17.0 Å². The molecule has 0 bridgehead atoms. The molecule has 1 aromatic heterocycles. The monoisotopic (exact) mass is 362 g/mol. The number of hydrogen-bond acceptors (Lipinski definition) is 2. The van der Waals surface area contributed by atoms with E-state index in [2.05, 4.69) is 46.7 Å². The molecule has 0 saturated heterocycles. The molecule has 0 unspecified atom stereocenters. The van der Waals surface area contributed by atoms with Crippen molar-refractivity contribution in [3.63, 3.8) is 0 Å². The highest BCUT2D eigenvalue weighted by molar-refractivity contribution is 14.1. The number of nitrogens with one attached hydrogen (secondary N) is 2. The average molecular weight is 362 g/mol. The van der Waals surface area contributed by atoms with E-state index in [0.29, 0.717) is 6.54 Å². The van der Waals surface area contributed by atoms with Crippen molar-refractivity contribution in [1.29, 1.82) is 0 Å². The standard InChI is InChI=1S/C13H19IN2O2/c1-3-5-7-15-12(17)9-8-10(14)11(6-4-2)16-13(9)18/h8H,3-7H2,1-2H3,(H,15,17)(H,16,18). The summed E-state index contributed by atoms with van der Waals surface area (Å²) in [5, 5.41) is 2.76. The molecule has 0 saturated carbocycles. The highest BCUT2D eigenvalue weighted by Gasteiger charge is 2.12. The maximum absolute atomic E-state index is 11.8. The zero-order valence-electron chi connectivity index (χ0n) is 10.8. The third-order valence-corrected chi connectivity index (χ3v) is 3.59. The molecule has 1 heterocycles. The number of aromatic nitrogens is 1. The molecule has 0 radical (unpaired) electrons. The zero-order valence-corrected chi connectivity index (χ0v) is 13.0. The highest BCUT2D eigenvalue weighted by atomic mass is 127. The predicted molar refractivity (Wildman–Crippen MR) is 81.0 cm³/mol. The van der Waals surface area contributed by atoms with Crippen molar-refractivity contribution in [3.8, 4) is 0 Å². The SMILES string of the molecule is CCCCNC(=O)c1cc(I)c(CCC)[nH]c1=O. The number of unbranched alkanes of at least 4 members (excludes halogenated alkanes) is 1. The van der Waals surface area contributed by atoms with Gasteiger partial charge in [-0.2, -0.15) is 0 Å². The number of carbonyl (C=O) groups is 1. The third kappa shape index (κ3) is 4.12. The summed E-state index contributed by atoms with van der Waals surface area (Å²) in [5.74, 6) is -0.286. The number of amides is 1. The van der Waals surface area contributed by atoms with Gasteiger partial charge in [0.05, 0.1) is 0 Å². The van der Waals surface area contributed by atoms with Gasteiger partial charge in [0.15, 0.2) is 0 Å². The predicted octanol–water partition coefficient (Wildman–Crippen LogP) is 2.46. The molecule has 0 aliphatic heterocycles. The summed E-state index contributed by atoms with van der Waals surface area (Å²) in [4.78, 5) is 26.4. The van der Waals surface area contributed by atoms with Gasteiger partial charge in [0.1, 0.15) is 5.56 Å². The van der Waals surface area contributed by atoms with Crippen LogP contribution in [0.1, 0.15) is 49.2 Å². The zero-order chi connectivity index (χ0) is 13.5. The number of halogens is 1. The van der Waals surface area contributed by atoms with E-state index in [1.807, 2.05) is 0 Å². The number of carbonyl (C=O) groups excluding carboxylic acids is 1. The van der Waals surface area contributed by atoms with Crippen molar-refractivity contribution >= 4 is 28.5 Å². The maximum Gasteiger partial charge on any atom is 0.261 e. The second-order valence-corrected chi connectivity index (χ2v) is 5.36. The lowest BCUT2D eigenvalue weighted by molar-refractivity contribution is 0.0951. The Morgan fingerprint density at radius 2 is 2.11 bits per heavy atom. The molecule has 4 nitrogen and oxygen atoms in total. The topological polar surface area (TPSA) is 62.0 Å². The molecule has 1 rings (SSSR count). The van der Waals surface area contributed by atoms with Crippen LogP contribution in [0.15, 0.2) is 10.9 Å². The molecule has 100 valence electrons. The van der Waals surface area contributed by atoms with Crippen LogP contribution in [-0.4, -0.2) is 17.4 Å². The normalized spacial score (nSPS) is 10.4. The van der Waals surface area contributed by atoms with Crippen molar-refractivity contribution in [2.75, 3.05) is 6.54 Å². The molecule has 1 amide bonds. The Kier molecular flexibility index (Phi) is 6.38. The molecule has 0 fully saturated rings. The average Bonchev–Trinajstić information content (AvgIpc) is 2.34. The summed E-state index contributed by atoms with van der Waals surface area (Å²) in [5.41, 5.74) is 0.816. The lowest BCUT2D eigenvalue weighted by Crippen LogP contribution is -2.31. The van der Waals surface area contributed by atoms with E-state index in [0.717, 1.165) is 34.9 Å². The fourth-order valence-electron chi connectivity index (χ4n) is 1.62. The summed E-state index contributed by atoms with van der Waals surface area (Å²) in [6.07, 6.45) is 3.73. The minimum Gasteiger partial charge on any atom is -0.352 e. The number of hydrogen-bond donors (Lipinski definition) is 2. The van der Waals surface area contributed by atoms with E-state index >= 15 is 0 Å². The summed E-state index contributed by atoms with van der Waals surface area (Å²) in [6, 6.07) is 1.67. The quantitative estimate of drug-likeness (QED) is 0.603. The summed E-state index contributed by atoms with van der Waals surface area (Å²) in [6.45, 7) is 4.73. The molecule has 0 atom stereocenters. The van der Waals surface area contributed by atoms with Gasteiger partial charge in [-0.1, -0.05) is 26.7 Å². The van der Waals surface area contributed by atoms with Gasteiger partial charge in [-0.05, 0) is 41.5 Å². The molecule has 1 aromatic rings. The first-order valence-corrected chi connectivity index (χ1v) is 7.37. The van der Waals surface area contributed by atoms with Crippen molar-refractivity contribution in [1.82, 2.24) is 10.3 Å². The Bertz CT molecular complexity index is 469. The number of rotatable bonds is 6. The Hall–Kier alpha value is -0.850. The van der Waals surface area contributed by atoms with E-state index in [1.54, 1.807) is 6.07 Å². The van der Waals surface area contributed by atoms with Crippen LogP contribution in [0.3, 0.4) is 0 Å². The first-order chi connectivity index (χ1) is 8.60. The smallest absolute Gasteiger partial charge is 0.261 e. The van der Waals surface area contributed by atoms with Crippen molar-refractivity contribution in [2.45, 2.75) is 39.5 Å². The van der Waals surface area contributed by atoms with Crippen LogP contribution < -0.4 is 10.9 Å². The number of aromatic amines is 1. The van der Waals surface area contributed by atoms with Crippen LogP contribution in [0.4, 0.5) is 0 Å². The van der Waals surface area contributed by atoms with Gasteiger partial charge >= 0.3 is 0 Å². The van der Waals surface area contributed by atoms with Gasteiger partial charge in [-0.25, -0.2) is 0 Å². The van der Waals surface area contributed by atoms with Gasteiger partial charge in [0.2, 0.25) is 0 Å². The van der Waals surface area contributed by atoms with E-state index in [9.17, 15) is 9.59 Å². The van der Waals surface area contributed by atoms with Crippen LogP contribution in [0, 0.1) is 3.57 Å². The first-order valence-electron chi connectivity index (χ1n) is 6.30. The highest BCUT2D eigenvalue weighted by Crippen LogP contribution is 2.11. The summed E-state index contributed by atoms with van der Waals surface area (Å²) in [7, 11) is 0. The van der Waals surface area contributed by atoms with E-state index < -0.39 is 0 Å². The van der Waals surface area contributed by atoms with Gasteiger partial charge in [-0.15, -0.1) is 0 Å². The van der Waals surface area contributed by atoms with Crippen molar-refractivity contribution < 1.29 is 4.79 Å². The maximum atomic E-state index is 11.8. The minimum atomic E-state index is -0.298. The minimum absolute atomic E-state index is 0.204. The van der Waals surface area contributed by atoms with Gasteiger partial charge in [0.25, 0.3) is 11.5 Å². The van der Waals surface area contributed by atoms with Crippen LogP contribution in [0.5, 0.6) is 0 Å². The first kappa shape index (κ1) is 15.2. The molecule has 0 aliphatic carbocycles. The van der Waals surface area contributed by atoms with E-state index in [4.69, 9.17) is 0 Å². The molecular formula is C13H19IN2O2. The summed E-state index contributed by atoms with van der Waals surface area (Å²) < 4.78 is 0.940. The molecule has 5 heteroatoms. The number of pyridine rings is 1. The van der Waals surface area contributed by atoms with Crippen LogP contribution in [0.25, 0.3) is 0 Å². The van der Waals surface area contributed by atoms with Gasteiger partial charge in [-0.3, -0.25) is 9.59 Å². The van der Waals surface area contributed by atoms with Gasteiger partial charge in [0, 0.05) is 15.8 Å². The van der Waals surface area contributed by atoms with E-state index in [1.165, 1.54) is 0 Å². The Labute approximate surface area is 121 Å². The second kappa shape index (κ2) is 7.56. The van der Waals surface area contributed by atoms with Crippen LogP contribution in [-0.2, 0) is 6.42 Å². The molecule has 0 aliphatic rings.